The SMILES string of the molecule is O=C1Nc2ccccc2N2CC(NS(=O)(=O)c3cc(F)ccc3F)CC12. The van der Waals surface area contributed by atoms with Gasteiger partial charge in [-0.1, -0.05) is 12.1 Å². The first-order valence-corrected chi connectivity index (χ1v) is 9.47. The molecule has 136 valence electrons. The van der Waals surface area contributed by atoms with E-state index in [4.69, 9.17) is 0 Å². The number of hydrogen-bond acceptors (Lipinski definition) is 4. The van der Waals surface area contributed by atoms with Crippen molar-refractivity contribution in [2.45, 2.75) is 23.4 Å². The molecule has 0 aliphatic carbocycles. The molecule has 2 aliphatic heterocycles. The highest BCUT2D eigenvalue weighted by atomic mass is 32.2. The molecule has 2 heterocycles. The number of para-hydroxylation sites is 2. The second-order valence-corrected chi connectivity index (χ2v) is 7.99. The first-order chi connectivity index (χ1) is 12.3. The Kier molecular flexibility index (Phi) is 3.92. The zero-order valence-electron chi connectivity index (χ0n) is 13.4. The maximum atomic E-state index is 13.8. The molecule has 0 radical (unpaired) electrons. The van der Waals surface area contributed by atoms with Crippen LogP contribution in [0.2, 0.25) is 0 Å². The van der Waals surface area contributed by atoms with E-state index in [0.29, 0.717) is 11.8 Å². The quantitative estimate of drug-likeness (QED) is 0.853. The van der Waals surface area contributed by atoms with Crippen molar-refractivity contribution in [1.82, 2.24) is 4.72 Å². The molecule has 2 unspecified atom stereocenters. The van der Waals surface area contributed by atoms with E-state index in [9.17, 15) is 22.0 Å². The Morgan fingerprint density at radius 1 is 1.15 bits per heavy atom. The van der Waals surface area contributed by atoms with Crippen molar-refractivity contribution in [1.29, 1.82) is 0 Å². The van der Waals surface area contributed by atoms with Crippen LogP contribution in [-0.2, 0) is 14.8 Å². The summed E-state index contributed by atoms with van der Waals surface area (Å²) in [7, 11) is -4.26. The molecular formula is C17H15F2N3O3S. The zero-order chi connectivity index (χ0) is 18.5. The molecule has 1 fully saturated rings. The number of rotatable bonds is 3. The van der Waals surface area contributed by atoms with Crippen LogP contribution in [0.3, 0.4) is 0 Å². The lowest BCUT2D eigenvalue weighted by Gasteiger charge is -2.32. The molecule has 2 atom stereocenters. The van der Waals surface area contributed by atoms with Crippen molar-refractivity contribution < 1.29 is 22.0 Å². The Morgan fingerprint density at radius 3 is 2.73 bits per heavy atom. The zero-order valence-corrected chi connectivity index (χ0v) is 14.3. The van der Waals surface area contributed by atoms with Gasteiger partial charge in [0.2, 0.25) is 15.9 Å². The van der Waals surface area contributed by atoms with Crippen molar-refractivity contribution in [2.75, 3.05) is 16.8 Å². The lowest BCUT2D eigenvalue weighted by molar-refractivity contribution is -0.117. The third-order valence-corrected chi connectivity index (χ3v) is 6.12. The molecule has 9 heteroatoms. The number of nitrogens with one attached hydrogen (secondary N) is 2. The van der Waals surface area contributed by atoms with Gasteiger partial charge in [-0.05, 0) is 36.8 Å². The minimum atomic E-state index is -4.26. The normalized spacial score (nSPS) is 21.9. The van der Waals surface area contributed by atoms with Gasteiger partial charge in [-0.2, -0.15) is 0 Å². The molecule has 0 saturated carbocycles. The van der Waals surface area contributed by atoms with Gasteiger partial charge in [0, 0.05) is 12.6 Å². The van der Waals surface area contributed by atoms with E-state index in [1.165, 1.54) is 0 Å². The number of sulfonamides is 1. The molecule has 6 nitrogen and oxygen atoms in total. The van der Waals surface area contributed by atoms with Crippen molar-refractivity contribution in [3.63, 3.8) is 0 Å². The highest BCUT2D eigenvalue weighted by molar-refractivity contribution is 7.89. The molecule has 0 aromatic heterocycles. The fourth-order valence-corrected chi connectivity index (χ4v) is 4.78. The minimum Gasteiger partial charge on any atom is -0.356 e. The topological polar surface area (TPSA) is 78.5 Å². The lowest BCUT2D eigenvalue weighted by atomic mass is 10.1. The Hall–Kier alpha value is -2.52. The lowest BCUT2D eigenvalue weighted by Crippen LogP contribution is -2.44. The van der Waals surface area contributed by atoms with Crippen LogP contribution in [-0.4, -0.2) is 33.0 Å². The Morgan fingerprint density at radius 2 is 1.92 bits per heavy atom. The highest BCUT2D eigenvalue weighted by Crippen LogP contribution is 2.36. The summed E-state index contributed by atoms with van der Waals surface area (Å²) in [5, 5.41) is 2.80. The van der Waals surface area contributed by atoms with Gasteiger partial charge < -0.3 is 10.2 Å². The largest absolute Gasteiger partial charge is 0.356 e. The van der Waals surface area contributed by atoms with Crippen LogP contribution in [0.15, 0.2) is 47.4 Å². The number of carbonyl (C=O) groups is 1. The van der Waals surface area contributed by atoms with E-state index in [0.717, 1.165) is 17.8 Å². The maximum absolute atomic E-state index is 13.8. The standard InChI is InChI=1S/C17H15F2N3O3S/c18-10-5-6-12(19)16(7-10)26(24,25)21-11-8-15-17(23)20-13-3-1-2-4-14(13)22(15)9-11/h1-7,11,15,21H,8-9H2,(H,20,23). The van der Waals surface area contributed by atoms with Crippen molar-refractivity contribution in [3.8, 4) is 0 Å². The van der Waals surface area contributed by atoms with Crippen LogP contribution in [0.4, 0.5) is 20.2 Å². The molecule has 4 rings (SSSR count). The monoisotopic (exact) mass is 379 g/mol. The van der Waals surface area contributed by atoms with Gasteiger partial charge in [0.25, 0.3) is 0 Å². The number of amides is 1. The summed E-state index contributed by atoms with van der Waals surface area (Å²) >= 11 is 0. The summed E-state index contributed by atoms with van der Waals surface area (Å²) in [4.78, 5) is 13.4. The van der Waals surface area contributed by atoms with E-state index in [2.05, 4.69) is 10.0 Å². The molecule has 1 saturated heterocycles. The molecule has 2 aromatic carbocycles. The van der Waals surface area contributed by atoms with Crippen LogP contribution >= 0.6 is 0 Å². The minimum absolute atomic E-state index is 0.220. The fourth-order valence-electron chi connectivity index (χ4n) is 3.45. The Bertz CT molecular complexity index is 996. The fraction of sp³-hybridized carbons (Fsp3) is 0.235. The molecule has 2 N–H and O–H groups in total. The summed E-state index contributed by atoms with van der Waals surface area (Å²) < 4.78 is 54.5. The summed E-state index contributed by atoms with van der Waals surface area (Å²) in [5.41, 5.74) is 1.46. The first-order valence-electron chi connectivity index (χ1n) is 7.99. The molecule has 1 amide bonds. The van der Waals surface area contributed by atoms with Gasteiger partial charge in [-0.25, -0.2) is 21.9 Å². The Balaban J connectivity index is 1.60. The van der Waals surface area contributed by atoms with Crippen molar-refractivity contribution in [2.24, 2.45) is 0 Å². The second-order valence-electron chi connectivity index (χ2n) is 6.30. The van der Waals surface area contributed by atoms with Gasteiger partial charge in [0.15, 0.2) is 0 Å². The average molecular weight is 379 g/mol. The molecule has 2 aliphatic rings. The number of hydrogen-bond donors (Lipinski definition) is 2. The van der Waals surface area contributed by atoms with Gasteiger partial charge in [0.1, 0.15) is 22.6 Å². The van der Waals surface area contributed by atoms with Gasteiger partial charge >= 0.3 is 0 Å². The van der Waals surface area contributed by atoms with Gasteiger partial charge in [0.05, 0.1) is 11.4 Å². The smallest absolute Gasteiger partial charge is 0.247 e. The third kappa shape index (κ3) is 2.82. The van der Waals surface area contributed by atoms with E-state index >= 15 is 0 Å². The number of nitrogens with zero attached hydrogens (tertiary/aromatic N) is 1. The third-order valence-electron chi connectivity index (χ3n) is 4.58. The van der Waals surface area contributed by atoms with E-state index in [1.807, 2.05) is 17.0 Å². The molecule has 0 bridgehead atoms. The summed E-state index contributed by atoms with van der Waals surface area (Å²) in [6, 6.07) is 8.36. The van der Waals surface area contributed by atoms with Crippen LogP contribution in [0.25, 0.3) is 0 Å². The molecule has 26 heavy (non-hydrogen) atoms. The van der Waals surface area contributed by atoms with Crippen LogP contribution in [0, 0.1) is 11.6 Å². The molecule has 0 spiro atoms. The predicted molar refractivity (Wildman–Crippen MR) is 91.3 cm³/mol. The van der Waals surface area contributed by atoms with Crippen molar-refractivity contribution >= 4 is 27.3 Å². The van der Waals surface area contributed by atoms with Gasteiger partial charge in [-0.15, -0.1) is 0 Å². The number of benzene rings is 2. The van der Waals surface area contributed by atoms with Crippen LogP contribution < -0.4 is 14.9 Å². The van der Waals surface area contributed by atoms with Gasteiger partial charge in [-0.3, -0.25) is 4.79 Å². The predicted octanol–water partition coefficient (Wildman–Crippen LogP) is 1.84. The number of halogens is 2. The number of fused-ring (bicyclic) bond motifs is 3. The van der Waals surface area contributed by atoms with Crippen LogP contribution in [0.1, 0.15) is 6.42 Å². The number of anilines is 2. The van der Waals surface area contributed by atoms with Crippen molar-refractivity contribution in [3.05, 3.63) is 54.1 Å². The summed E-state index contributed by atoms with van der Waals surface area (Å²) in [6.07, 6.45) is 0.232. The molecular weight excluding hydrogens is 364 g/mol. The van der Waals surface area contributed by atoms with Crippen LogP contribution in [0.5, 0.6) is 0 Å². The number of carbonyl (C=O) groups excluding carboxylic acids is 1. The Labute approximate surface area is 148 Å². The highest BCUT2D eigenvalue weighted by Gasteiger charge is 2.42. The first kappa shape index (κ1) is 16.9. The maximum Gasteiger partial charge on any atom is 0.247 e. The summed E-state index contributed by atoms with van der Waals surface area (Å²) in [6.45, 7) is 0.255. The van der Waals surface area contributed by atoms with E-state index in [-0.39, 0.29) is 18.9 Å². The average Bonchev–Trinajstić information content (AvgIpc) is 3.01. The summed E-state index contributed by atoms with van der Waals surface area (Å²) in [5.74, 6) is -2.09. The second kappa shape index (κ2) is 6.03. The molecule has 2 aromatic rings. The van der Waals surface area contributed by atoms with E-state index in [1.54, 1.807) is 12.1 Å². The van der Waals surface area contributed by atoms with E-state index < -0.39 is 38.6 Å².